The summed E-state index contributed by atoms with van der Waals surface area (Å²) in [6.45, 7) is 5.82. The van der Waals surface area contributed by atoms with E-state index in [1.54, 1.807) is 19.3 Å². The third-order valence-corrected chi connectivity index (χ3v) is 1.81. The Labute approximate surface area is 83.4 Å². The molecular weight excluding hydrogens is 180 g/mol. The first-order valence-corrected chi connectivity index (χ1v) is 4.59. The number of allylic oxidation sites excluding steroid dienone is 1. The van der Waals surface area contributed by atoms with Crippen LogP contribution in [0, 0.1) is 0 Å². The van der Waals surface area contributed by atoms with Crippen molar-refractivity contribution in [2.75, 3.05) is 6.61 Å². The zero-order chi connectivity index (χ0) is 10.4. The molecule has 0 saturated carbocycles. The van der Waals surface area contributed by atoms with Gasteiger partial charge in [0.25, 0.3) is 0 Å². The zero-order valence-corrected chi connectivity index (χ0v) is 8.29. The minimum atomic E-state index is -0.257. The van der Waals surface area contributed by atoms with Gasteiger partial charge in [-0.3, -0.25) is 4.79 Å². The monoisotopic (exact) mass is 194 g/mol. The minimum absolute atomic E-state index is 0.198. The summed E-state index contributed by atoms with van der Waals surface area (Å²) in [4.78, 5) is 11.2. The van der Waals surface area contributed by atoms with Gasteiger partial charge in [-0.15, -0.1) is 6.58 Å². The number of ether oxygens (including phenoxy) is 1. The SMILES string of the molecule is C=CCc1ccoc1CC(=O)OCC. The van der Waals surface area contributed by atoms with Crippen molar-refractivity contribution in [1.29, 1.82) is 0 Å². The van der Waals surface area contributed by atoms with Gasteiger partial charge in [-0.25, -0.2) is 0 Å². The highest BCUT2D eigenvalue weighted by Crippen LogP contribution is 2.12. The molecule has 0 aliphatic carbocycles. The molecular formula is C11H14O3. The molecule has 1 aromatic rings. The first-order chi connectivity index (χ1) is 6.77. The summed E-state index contributed by atoms with van der Waals surface area (Å²) in [5, 5.41) is 0. The second kappa shape index (κ2) is 5.27. The molecule has 0 saturated heterocycles. The van der Waals surface area contributed by atoms with Gasteiger partial charge in [0.15, 0.2) is 0 Å². The third kappa shape index (κ3) is 2.76. The van der Waals surface area contributed by atoms with E-state index in [1.165, 1.54) is 0 Å². The van der Waals surface area contributed by atoms with Crippen LogP contribution in [0.3, 0.4) is 0 Å². The molecule has 3 nitrogen and oxygen atoms in total. The molecule has 0 N–H and O–H groups in total. The lowest BCUT2D eigenvalue weighted by molar-refractivity contribution is -0.142. The van der Waals surface area contributed by atoms with Gasteiger partial charge in [-0.1, -0.05) is 6.08 Å². The molecule has 0 spiro atoms. The summed E-state index contributed by atoms with van der Waals surface area (Å²) in [5.41, 5.74) is 0.994. The maximum Gasteiger partial charge on any atom is 0.313 e. The number of carbonyl (C=O) groups is 1. The van der Waals surface area contributed by atoms with Gasteiger partial charge in [0.2, 0.25) is 0 Å². The fraction of sp³-hybridized carbons (Fsp3) is 0.364. The van der Waals surface area contributed by atoms with Crippen molar-refractivity contribution in [2.24, 2.45) is 0 Å². The van der Waals surface area contributed by atoms with E-state index >= 15 is 0 Å². The van der Waals surface area contributed by atoms with E-state index in [2.05, 4.69) is 6.58 Å². The zero-order valence-electron chi connectivity index (χ0n) is 8.29. The molecule has 1 rings (SSSR count). The van der Waals surface area contributed by atoms with Crippen LogP contribution >= 0.6 is 0 Å². The molecule has 1 aromatic heterocycles. The van der Waals surface area contributed by atoms with E-state index in [4.69, 9.17) is 9.15 Å². The van der Waals surface area contributed by atoms with E-state index in [9.17, 15) is 4.79 Å². The molecule has 0 unspecified atom stereocenters. The molecule has 0 aliphatic heterocycles. The van der Waals surface area contributed by atoms with Crippen molar-refractivity contribution in [3.05, 3.63) is 36.3 Å². The highest BCUT2D eigenvalue weighted by molar-refractivity contribution is 5.72. The Morgan fingerprint density at radius 2 is 2.50 bits per heavy atom. The normalized spacial score (nSPS) is 9.79. The van der Waals surface area contributed by atoms with Gasteiger partial charge in [0, 0.05) is 0 Å². The lowest BCUT2D eigenvalue weighted by atomic mass is 10.1. The summed E-state index contributed by atoms with van der Waals surface area (Å²) in [6.07, 6.45) is 4.27. The number of hydrogen-bond donors (Lipinski definition) is 0. The predicted octanol–water partition coefficient (Wildman–Crippen LogP) is 2.11. The van der Waals surface area contributed by atoms with E-state index < -0.39 is 0 Å². The molecule has 76 valence electrons. The maximum absolute atomic E-state index is 11.2. The van der Waals surface area contributed by atoms with Gasteiger partial charge in [0.05, 0.1) is 12.9 Å². The molecule has 3 heteroatoms. The maximum atomic E-state index is 11.2. The van der Waals surface area contributed by atoms with Crippen molar-refractivity contribution in [1.82, 2.24) is 0 Å². The second-order valence-corrected chi connectivity index (χ2v) is 2.84. The van der Waals surface area contributed by atoms with Gasteiger partial charge < -0.3 is 9.15 Å². The standard InChI is InChI=1S/C11H14O3/c1-3-5-9-6-7-14-10(9)8-11(12)13-4-2/h3,6-7H,1,4-5,8H2,2H3. The van der Waals surface area contributed by atoms with E-state index in [0.717, 1.165) is 5.56 Å². The van der Waals surface area contributed by atoms with Crippen molar-refractivity contribution >= 4 is 5.97 Å². The van der Waals surface area contributed by atoms with E-state index in [0.29, 0.717) is 18.8 Å². The molecule has 0 radical (unpaired) electrons. The molecule has 0 amide bonds. The van der Waals surface area contributed by atoms with Crippen molar-refractivity contribution in [3.8, 4) is 0 Å². The predicted molar refractivity (Wildman–Crippen MR) is 52.9 cm³/mol. The van der Waals surface area contributed by atoms with Crippen LogP contribution in [0.1, 0.15) is 18.2 Å². The van der Waals surface area contributed by atoms with Crippen LogP contribution in [0.5, 0.6) is 0 Å². The molecule has 0 aromatic carbocycles. The summed E-state index contributed by atoms with van der Waals surface area (Å²) in [7, 11) is 0. The molecule has 0 aliphatic rings. The molecule has 0 fully saturated rings. The largest absolute Gasteiger partial charge is 0.468 e. The smallest absolute Gasteiger partial charge is 0.313 e. The highest BCUT2D eigenvalue weighted by Gasteiger charge is 2.10. The Morgan fingerprint density at radius 1 is 1.71 bits per heavy atom. The van der Waals surface area contributed by atoms with Gasteiger partial charge in [-0.2, -0.15) is 0 Å². The lowest BCUT2D eigenvalue weighted by Crippen LogP contribution is -2.07. The van der Waals surface area contributed by atoms with Gasteiger partial charge >= 0.3 is 5.97 Å². The first-order valence-electron chi connectivity index (χ1n) is 4.59. The number of carbonyl (C=O) groups excluding carboxylic acids is 1. The average molecular weight is 194 g/mol. The van der Waals surface area contributed by atoms with Crippen LogP contribution in [-0.4, -0.2) is 12.6 Å². The summed E-state index contributed by atoms with van der Waals surface area (Å²) >= 11 is 0. The fourth-order valence-electron chi connectivity index (χ4n) is 1.20. The van der Waals surface area contributed by atoms with Crippen LogP contribution < -0.4 is 0 Å². The third-order valence-electron chi connectivity index (χ3n) is 1.81. The quantitative estimate of drug-likeness (QED) is 0.532. The Morgan fingerprint density at radius 3 is 3.14 bits per heavy atom. The molecule has 0 bridgehead atoms. The molecule has 1 heterocycles. The minimum Gasteiger partial charge on any atom is -0.468 e. The highest BCUT2D eigenvalue weighted by atomic mass is 16.5. The van der Waals surface area contributed by atoms with E-state index in [1.807, 2.05) is 6.07 Å². The number of hydrogen-bond acceptors (Lipinski definition) is 3. The molecule has 14 heavy (non-hydrogen) atoms. The Bertz CT molecular complexity index is 312. The molecule has 0 atom stereocenters. The Balaban J connectivity index is 2.61. The number of furan rings is 1. The van der Waals surface area contributed by atoms with E-state index in [-0.39, 0.29) is 12.4 Å². The first kappa shape index (κ1) is 10.6. The second-order valence-electron chi connectivity index (χ2n) is 2.84. The van der Waals surface area contributed by atoms with Crippen molar-refractivity contribution < 1.29 is 13.9 Å². The number of esters is 1. The van der Waals surface area contributed by atoms with Gasteiger partial charge in [-0.05, 0) is 25.0 Å². The number of rotatable bonds is 5. The van der Waals surface area contributed by atoms with Crippen LogP contribution in [0.25, 0.3) is 0 Å². The van der Waals surface area contributed by atoms with Crippen LogP contribution in [0.2, 0.25) is 0 Å². The van der Waals surface area contributed by atoms with Crippen molar-refractivity contribution in [3.63, 3.8) is 0 Å². The van der Waals surface area contributed by atoms with Gasteiger partial charge in [0.1, 0.15) is 12.2 Å². The van der Waals surface area contributed by atoms with Crippen LogP contribution in [0.4, 0.5) is 0 Å². The fourth-order valence-corrected chi connectivity index (χ4v) is 1.20. The summed E-state index contributed by atoms with van der Waals surface area (Å²) < 4.78 is 10.0. The van der Waals surface area contributed by atoms with Crippen molar-refractivity contribution in [2.45, 2.75) is 19.8 Å². The van der Waals surface area contributed by atoms with Crippen LogP contribution in [-0.2, 0) is 22.4 Å². The average Bonchev–Trinajstić information content (AvgIpc) is 2.54. The Kier molecular flexibility index (Phi) is 3.98. The lowest BCUT2D eigenvalue weighted by Gasteiger charge is -2.00. The van der Waals surface area contributed by atoms with Crippen LogP contribution in [0.15, 0.2) is 29.4 Å². The topological polar surface area (TPSA) is 39.4 Å². The Hall–Kier alpha value is -1.51. The summed E-state index contributed by atoms with van der Waals surface area (Å²) in [6, 6.07) is 1.84. The summed E-state index contributed by atoms with van der Waals surface area (Å²) in [5.74, 6) is 0.413.